The predicted octanol–water partition coefficient (Wildman–Crippen LogP) is 1.42. The Kier molecular flexibility index (Phi) is 3.92. The predicted molar refractivity (Wildman–Crippen MR) is 81.2 cm³/mol. The van der Waals surface area contributed by atoms with Crippen molar-refractivity contribution in [2.75, 3.05) is 13.1 Å². The first-order valence-corrected chi connectivity index (χ1v) is 8.84. The molecule has 2 saturated heterocycles. The number of rotatable bonds is 3. The van der Waals surface area contributed by atoms with Crippen LogP contribution < -0.4 is 5.32 Å². The van der Waals surface area contributed by atoms with E-state index in [1.807, 2.05) is 0 Å². The van der Waals surface area contributed by atoms with Gasteiger partial charge in [0.15, 0.2) is 0 Å². The smallest absolute Gasteiger partial charge is 0.272 e. The van der Waals surface area contributed by atoms with Gasteiger partial charge in [0.05, 0.1) is 9.82 Å². The summed E-state index contributed by atoms with van der Waals surface area (Å²) in [5.41, 5.74) is 0.311. The molecule has 2 fully saturated rings. The first-order chi connectivity index (χ1) is 10.4. The number of fused-ring (bicyclic) bond motifs is 2. The van der Waals surface area contributed by atoms with Crippen LogP contribution in [0, 0.1) is 17.0 Å². The lowest BCUT2D eigenvalue weighted by molar-refractivity contribution is -0.385. The largest absolute Gasteiger partial charge is 0.315 e. The normalized spacial score (nSPS) is 25.9. The number of nitro groups is 1. The third-order valence-electron chi connectivity index (χ3n) is 4.53. The first kappa shape index (κ1) is 15.4. The third-order valence-corrected chi connectivity index (χ3v) is 6.53. The molecule has 2 unspecified atom stereocenters. The van der Waals surface area contributed by atoms with E-state index in [2.05, 4.69) is 5.32 Å². The zero-order valence-corrected chi connectivity index (χ0v) is 13.2. The van der Waals surface area contributed by atoms with Crippen molar-refractivity contribution in [1.29, 1.82) is 0 Å². The van der Waals surface area contributed by atoms with Gasteiger partial charge >= 0.3 is 0 Å². The fourth-order valence-electron chi connectivity index (χ4n) is 3.45. The molecule has 0 spiro atoms. The maximum Gasteiger partial charge on any atom is 0.272 e. The first-order valence-electron chi connectivity index (χ1n) is 7.40. The highest BCUT2D eigenvalue weighted by atomic mass is 32.2. The Morgan fingerprint density at radius 1 is 1.27 bits per heavy atom. The molecule has 2 aliphatic heterocycles. The molecule has 1 N–H and O–H groups in total. The molecular formula is C14H19N3O4S. The SMILES string of the molecule is Cc1cc(S(=O)(=O)N2C3CCNCC2CC3)ccc1[N+](=O)[O-]. The summed E-state index contributed by atoms with van der Waals surface area (Å²) in [6.45, 7) is 3.06. The fraction of sp³-hybridized carbons (Fsp3) is 0.571. The average molecular weight is 325 g/mol. The van der Waals surface area contributed by atoms with Crippen LogP contribution in [-0.4, -0.2) is 42.8 Å². The van der Waals surface area contributed by atoms with E-state index >= 15 is 0 Å². The molecule has 7 nitrogen and oxygen atoms in total. The van der Waals surface area contributed by atoms with Gasteiger partial charge in [-0.25, -0.2) is 8.42 Å². The van der Waals surface area contributed by atoms with Crippen molar-refractivity contribution in [3.8, 4) is 0 Å². The maximum absolute atomic E-state index is 13.0. The van der Waals surface area contributed by atoms with Gasteiger partial charge in [-0.2, -0.15) is 4.31 Å². The molecular weight excluding hydrogens is 306 g/mol. The molecule has 2 bridgehead atoms. The molecule has 2 aliphatic rings. The highest BCUT2D eigenvalue weighted by Crippen LogP contribution is 2.34. The molecule has 8 heteroatoms. The van der Waals surface area contributed by atoms with Gasteiger partial charge in [0.1, 0.15) is 0 Å². The van der Waals surface area contributed by atoms with E-state index in [9.17, 15) is 18.5 Å². The number of nitrogens with zero attached hydrogens (tertiary/aromatic N) is 2. The van der Waals surface area contributed by atoms with E-state index in [0.29, 0.717) is 12.1 Å². The van der Waals surface area contributed by atoms with Gasteiger partial charge in [-0.15, -0.1) is 0 Å². The van der Waals surface area contributed by atoms with Gasteiger partial charge in [0.2, 0.25) is 10.0 Å². The lowest BCUT2D eigenvalue weighted by Crippen LogP contribution is -2.42. The zero-order chi connectivity index (χ0) is 15.9. The molecule has 2 atom stereocenters. The second-order valence-corrected chi connectivity index (χ2v) is 7.76. The Hall–Kier alpha value is -1.51. The van der Waals surface area contributed by atoms with E-state index in [-0.39, 0.29) is 22.7 Å². The Labute approximate surface area is 129 Å². The molecule has 0 saturated carbocycles. The summed E-state index contributed by atoms with van der Waals surface area (Å²) >= 11 is 0. The Morgan fingerprint density at radius 3 is 2.68 bits per heavy atom. The van der Waals surface area contributed by atoms with Crippen molar-refractivity contribution in [3.63, 3.8) is 0 Å². The number of aryl methyl sites for hydroxylation is 1. The van der Waals surface area contributed by atoms with Crippen LogP contribution in [-0.2, 0) is 10.0 Å². The minimum absolute atomic E-state index is 0.0204. The highest BCUT2D eigenvalue weighted by molar-refractivity contribution is 7.89. The summed E-state index contributed by atoms with van der Waals surface area (Å²) in [6, 6.07) is 4.04. The zero-order valence-electron chi connectivity index (χ0n) is 12.4. The van der Waals surface area contributed by atoms with E-state index in [1.54, 1.807) is 11.2 Å². The molecule has 22 heavy (non-hydrogen) atoms. The number of sulfonamides is 1. The van der Waals surface area contributed by atoms with Crippen LogP contribution in [0.1, 0.15) is 24.8 Å². The van der Waals surface area contributed by atoms with Gasteiger partial charge < -0.3 is 5.32 Å². The number of hydrogen-bond donors (Lipinski definition) is 1. The van der Waals surface area contributed by atoms with Crippen molar-refractivity contribution in [1.82, 2.24) is 9.62 Å². The fourth-order valence-corrected chi connectivity index (χ4v) is 5.43. The molecule has 0 radical (unpaired) electrons. The van der Waals surface area contributed by atoms with Crippen LogP contribution in [0.4, 0.5) is 5.69 Å². The van der Waals surface area contributed by atoms with Crippen LogP contribution >= 0.6 is 0 Å². The van der Waals surface area contributed by atoms with Crippen LogP contribution in [0.5, 0.6) is 0 Å². The molecule has 1 aromatic carbocycles. The number of nitro benzene ring substituents is 1. The van der Waals surface area contributed by atoms with Gasteiger partial charge in [-0.05, 0) is 44.9 Å². The molecule has 0 aliphatic carbocycles. The summed E-state index contributed by atoms with van der Waals surface area (Å²) < 4.78 is 27.5. The topological polar surface area (TPSA) is 92.6 Å². The van der Waals surface area contributed by atoms with Crippen LogP contribution in [0.2, 0.25) is 0 Å². The quantitative estimate of drug-likeness (QED) is 0.670. The van der Waals surface area contributed by atoms with Gasteiger partial charge in [-0.1, -0.05) is 0 Å². The average Bonchev–Trinajstić information content (AvgIpc) is 2.72. The molecule has 0 aromatic heterocycles. The van der Waals surface area contributed by atoms with Crippen molar-refractivity contribution in [2.45, 2.75) is 43.2 Å². The number of hydrogen-bond acceptors (Lipinski definition) is 5. The third kappa shape index (κ3) is 2.51. The van der Waals surface area contributed by atoms with E-state index < -0.39 is 14.9 Å². The van der Waals surface area contributed by atoms with Gasteiger partial charge in [0, 0.05) is 30.3 Å². The molecule has 120 valence electrons. The second kappa shape index (κ2) is 5.60. The standard InChI is InChI=1S/C14H19N3O4S/c1-10-8-13(4-5-14(10)17(18)19)22(20,21)16-11-2-3-12(16)9-15-7-6-11/h4-5,8,11-12,15H,2-3,6-7,9H2,1H3. The second-order valence-electron chi connectivity index (χ2n) is 5.92. The summed E-state index contributed by atoms with van der Waals surface area (Å²) in [7, 11) is -3.62. The molecule has 1 aromatic rings. The van der Waals surface area contributed by atoms with Crippen LogP contribution in [0.25, 0.3) is 0 Å². The van der Waals surface area contributed by atoms with Gasteiger partial charge in [-0.3, -0.25) is 10.1 Å². The summed E-state index contributed by atoms with van der Waals surface area (Å²) in [4.78, 5) is 10.5. The van der Waals surface area contributed by atoms with Crippen molar-refractivity contribution < 1.29 is 13.3 Å². The molecule has 2 heterocycles. The lowest BCUT2D eigenvalue weighted by atomic mass is 10.1. The van der Waals surface area contributed by atoms with Crippen LogP contribution in [0.3, 0.4) is 0 Å². The number of nitrogens with one attached hydrogen (secondary N) is 1. The minimum atomic E-state index is -3.62. The monoisotopic (exact) mass is 325 g/mol. The Balaban J connectivity index is 1.99. The van der Waals surface area contributed by atoms with Crippen molar-refractivity contribution in [2.24, 2.45) is 0 Å². The molecule has 0 amide bonds. The summed E-state index contributed by atoms with van der Waals surface area (Å²) in [5.74, 6) is 0. The van der Waals surface area contributed by atoms with E-state index in [0.717, 1.165) is 25.8 Å². The summed E-state index contributed by atoms with van der Waals surface area (Å²) in [6.07, 6.45) is 2.56. The Bertz CT molecular complexity index is 690. The maximum atomic E-state index is 13.0. The minimum Gasteiger partial charge on any atom is -0.315 e. The van der Waals surface area contributed by atoms with Crippen molar-refractivity contribution in [3.05, 3.63) is 33.9 Å². The number of benzene rings is 1. The van der Waals surface area contributed by atoms with Gasteiger partial charge in [0.25, 0.3) is 5.69 Å². The van der Waals surface area contributed by atoms with E-state index in [1.165, 1.54) is 18.2 Å². The van der Waals surface area contributed by atoms with E-state index in [4.69, 9.17) is 0 Å². The van der Waals surface area contributed by atoms with Crippen molar-refractivity contribution >= 4 is 15.7 Å². The lowest BCUT2D eigenvalue weighted by Gasteiger charge is -2.27. The molecule has 3 rings (SSSR count). The van der Waals surface area contributed by atoms with Crippen LogP contribution in [0.15, 0.2) is 23.1 Å². The summed E-state index contributed by atoms with van der Waals surface area (Å²) in [5, 5.41) is 14.2. The highest BCUT2D eigenvalue weighted by Gasteiger charge is 2.43. The Morgan fingerprint density at radius 2 is 2.00 bits per heavy atom.